The lowest BCUT2D eigenvalue weighted by Gasteiger charge is -2.09. The van der Waals surface area contributed by atoms with Crippen molar-refractivity contribution in [3.63, 3.8) is 0 Å². The van der Waals surface area contributed by atoms with Crippen LogP contribution in [-0.4, -0.2) is 32.8 Å². The minimum absolute atomic E-state index is 0.0518. The first kappa shape index (κ1) is 19.3. The number of benzene rings is 2. The van der Waals surface area contributed by atoms with Crippen molar-refractivity contribution in [3.05, 3.63) is 70.3 Å². The molecule has 0 saturated carbocycles. The summed E-state index contributed by atoms with van der Waals surface area (Å²) < 4.78 is 7.43. The topological polar surface area (TPSA) is 99.5 Å². The van der Waals surface area contributed by atoms with E-state index in [9.17, 15) is 5.11 Å². The van der Waals surface area contributed by atoms with Crippen molar-refractivity contribution in [2.75, 3.05) is 6.61 Å². The van der Waals surface area contributed by atoms with Crippen molar-refractivity contribution in [1.82, 2.24) is 25.7 Å². The van der Waals surface area contributed by atoms with E-state index in [1.165, 1.54) is 5.56 Å². The Morgan fingerprint density at radius 3 is 2.83 bits per heavy atom. The van der Waals surface area contributed by atoms with E-state index in [1.807, 2.05) is 25.1 Å². The summed E-state index contributed by atoms with van der Waals surface area (Å²) in [5.74, 6) is 1.21. The minimum atomic E-state index is -0.0518. The van der Waals surface area contributed by atoms with Gasteiger partial charge in [-0.2, -0.15) is 14.9 Å². The molecule has 0 bridgehead atoms. The maximum atomic E-state index is 9.85. The van der Waals surface area contributed by atoms with Crippen LogP contribution in [0.3, 0.4) is 0 Å². The van der Waals surface area contributed by atoms with Crippen molar-refractivity contribution in [1.29, 1.82) is 0 Å². The molecule has 2 unspecified atom stereocenters. The van der Waals surface area contributed by atoms with E-state index >= 15 is 0 Å². The number of aromatic hydroxyl groups is 1. The van der Waals surface area contributed by atoms with Crippen molar-refractivity contribution in [2.45, 2.75) is 25.4 Å². The van der Waals surface area contributed by atoms with Gasteiger partial charge >= 0.3 is 0 Å². The number of nitrogens with zero attached hydrogens (tertiary/aromatic N) is 3. The van der Waals surface area contributed by atoms with Crippen LogP contribution < -0.4 is 15.6 Å². The molecule has 29 heavy (non-hydrogen) atoms. The number of hydrogen-bond donors (Lipinski definition) is 4. The Labute approximate surface area is 173 Å². The maximum absolute atomic E-state index is 9.85. The number of ether oxygens (including phenoxy) is 1. The van der Waals surface area contributed by atoms with Gasteiger partial charge in [0.15, 0.2) is 17.3 Å². The van der Waals surface area contributed by atoms with Crippen LogP contribution in [0.2, 0.25) is 0 Å². The maximum Gasteiger partial charge on any atom is 0.216 e. The molecule has 4 rings (SSSR count). The number of phenols is 1. The number of nitrogens with one attached hydrogen (secondary N) is 3. The fraction of sp³-hybridized carbons (Fsp3) is 0.250. The van der Waals surface area contributed by atoms with Crippen LogP contribution in [0.15, 0.2) is 53.6 Å². The molecule has 1 saturated heterocycles. The Morgan fingerprint density at radius 2 is 2.03 bits per heavy atom. The van der Waals surface area contributed by atoms with E-state index in [0.29, 0.717) is 23.0 Å². The zero-order valence-corrected chi connectivity index (χ0v) is 16.7. The molecule has 0 spiro atoms. The first-order chi connectivity index (χ1) is 14.2. The molecule has 1 aliphatic heterocycles. The number of aromatic nitrogens is 3. The predicted octanol–water partition coefficient (Wildman–Crippen LogP) is 3.21. The van der Waals surface area contributed by atoms with Crippen LogP contribution in [0.1, 0.15) is 42.4 Å². The van der Waals surface area contributed by atoms with Crippen LogP contribution in [0.25, 0.3) is 0 Å². The SMILES string of the molecule is CCOc1cc(/C=N/n2c(C3CC(c4ccccc4)NN3)n[nH]c2=S)ccc1O. The number of hydrazine groups is 1. The summed E-state index contributed by atoms with van der Waals surface area (Å²) in [4.78, 5) is 0. The molecule has 0 aliphatic carbocycles. The van der Waals surface area contributed by atoms with Crippen molar-refractivity contribution in [3.8, 4) is 11.5 Å². The van der Waals surface area contributed by atoms with Crippen LogP contribution in [0, 0.1) is 4.77 Å². The Morgan fingerprint density at radius 1 is 1.24 bits per heavy atom. The highest BCUT2D eigenvalue weighted by Crippen LogP contribution is 2.30. The molecule has 9 heteroatoms. The second-order valence-corrected chi connectivity index (χ2v) is 7.03. The van der Waals surface area contributed by atoms with E-state index < -0.39 is 0 Å². The number of phenolic OH excluding ortho intramolecular Hbond substituents is 1. The van der Waals surface area contributed by atoms with Gasteiger partial charge in [0.2, 0.25) is 4.77 Å². The highest BCUT2D eigenvalue weighted by Gasteiger charge is 2.29. The fourth-order valence-corrected chi connectivity index (χ4v) is 3.46. The molecular weight excluding hydrogens is 388 g/mol. The second kappa shape index (κ2) is 8.56. The number of aromatic amines is 1. The monoisotopic (exact) mass is 410 g/mol. The van der Waals surface area contributed by atoms with E-state index in [0.717, 1.165) is 12.0 Å². The van der Waals surface area contributed by atoms with E-state index in [1.54, 1.807) is 29.1 Å². The lowest BCUT2D eigenvalue weighted by Crippen LogP contribution is -2.27. The van der Waals surface area contributed by atoms with Gasteiger partial charge < -0.3 is 9.84 Å². The normalized spacial score (nSPS) is 19.1. The molecule has 1 aliphatic rings. The number of rotatable bonds is 6. The molecule has 0 amide bonds. The summed E-state index contributed by atoms with van der Waals surface area (Å²) in [5, 5.41) is 21.5. The fourth-order valence-electron chi connectivity index (χ4n) is 3.28. The van der Waals surface area contributed by atoms with Gasteiger partial charge in [0, 0.05) is 6.04 Å². The Kier molecular flexibility index (Phi) is 5.70. The first-order valence-corrected chi connectivity index (χ1v) is 9.80. The highest BCUT2D eigenvalue weighted by molar-refractivity contribution is 7.71. The minimum Gasteiger partial charge on any atom is -0.504 e. The molecule has 150 valence electrons. The quantitative estimate of drug-likeness (QED) is 0.368. The summed E-state index contributed by atoms with van der Waals surface area (Å²) in [6.07, 6.45) is 2.47. The predicted molar refractivity (Wildman–Crippen MR) is 112 cm³/mol. The van der Waals surface area contributed by atoms with Crippen LogP contribution in [0.4, 0.5) is 0 Å². The zero-order chi connectivity index (χ0) is 20.2. The summed E-state index contributed by atoms with van der Waals surface area (Å²) in [6, 6.07) is 15.4. The van der Waals surface area contributed by atoms with Crippen molar-refractivity contribution >= 4 is 18.4 Å². The average Bonchev–Trinajstić information content (AvgIpc) is 3.36. The molecule has 8 nitrogen and oxygen atoms in total. The Balaban J connectivity index is 1.55. The first-order valence-electron chi connectivity index (χ1n) is 9.39. The van der Waals surface area contributed by atoms with Crippen LogP contribution >= 0.6 is 12.2 Å². The van der Waals surface area contributed by atoms with Crippen molar-refractivity contribution < 1.29 is 9.84 Å². The largest absolute Gasteiger partial charge is 0.504 e. The van der Waals surface area contributed by atoms with Gasteiger partial charge in [-0.15, -0.1) is 0 Å². The van der Waals surface area contributed by atoms with E-state index in [2.05, 4.69) is 38.3 Å². The Hall–Kier alpha value is -3.01. The summed E-state index contributed by atoms with van der Waals surface area (Å²) in [5.41, 5.74) is 8.58. The van der Waals surface area contributed by atoms with Gasteiger partial charge in [0.05, 0.1) is 18.9 Å². The van der Waals surface area contributed by atoms with Gasteiger partial charge in [0.1, 0.15) is 0 Å². The van der Waals surface area contributed by atoms with E-state index in [-0.39, 0.29) is 17.8 Å². The third kappa shape index (κ3) is 4.21. The van der Waals surface area contributed by atoms with Gasteiger partial charge in [-0.05, 0) is 54.9 Å². The smallest absolute Gasteiger partial charge is 0.216 e. The molecule has 1 aromatic heterocycles. The van der Waals surface area contributed by atoms with Gasteiger partial charge in [-0.3, -0.25) is 5.10 Å². The van der Waals surface area contributed by atoms with Gasteiger partial charge in [-0.25, -0.2) is 10.9 Å². The molecule has 1 fully saturated rings. The summed E-state index contributed by atoms with van der Waals surface area (Å²) in [7, 11) is 0. The van der Waals surface area contributed by atoms with Crippen molar-refractivity contribution in [2.24, 2.45) is 5.10 Å². The number of H-pyrrole nitrogens is 1. The van der Waals surface area contributed by atoms with Gasteiger partial charge in [-0.1, -0.05) is 30.3 Å². The molecule has 0 radical (unpaired) electrons. The molecule has 2 heterocycles. The highest BCUT2D eigenvalue weighted by atomic mass is 32.1. The zero-order valence-electron chi connectivity index (χ0n) is 15.9. The number of hydrogen-bond acceptors (Lipinski definition) is 7. The standard InChI is InChI=1S/C20H22N6O2S/c1-2-28-18-10-13(8-9-17(18)27)12-21-26-19(24-25-20(26)29)16-11-15(22-23-16)14-6-4-3-5-7-14/h3-10,12,15-16,22-23,27H,2,11H2,1H3,(H,25,29)/b21-12+. The van der Waals surface area contributed by atoms with E-state index in [4.69, 9.17) is 17.0 Å². The Bertz CT molecular complexity index is 1060. The van der Waals surface area contributed by atoms with Gasteiger partial charge in [0.25, 0.3) is 0 Å². The average molecular weight is 411 g/mol. The lowest BCUT2D eigenvalue weighted by molar-refractivity contribution is 0.318. The second-order valence-electron chi connectivity index (χ2n) is 6.64. The van der Waals surface area contributed by atoms with Crippen LogP contribution in [-0.2, 0) is 0 Å². The summed E-state index contributed by atoms with van der Waals surface area (Å²) >= 11 is 5.35. The summed E-state index contributed by atoms with van der Waals surface area (Å²) in [6.45, 7) is 2.33. The molecule has 2 aromatic carbocycles. The molecule has 4 N–H and O–H groups in total. The third-order valence-electron chi connectivity index (χ3n) is 4.70. The third-order valence-corrected chi connectivity index (χ3v) is 4.96. The molecular formula is C20H22N6O2S. The molecule has 2 atom stereocenters. The lowest BCUT2D eigenvalue weighted by atomic mass is 10.0. The van der Waals surface area contributed by atoms with Crippen LogP contribution in [0.5, 0.6) is 11.5 Å². The molecule has 3 aromatic rings.